The second kappa shape index (κ2) is 6.93. The number of carbonyl (C=O) groups is 3. The molecule has 7 heteroatoms. The maximum absolute atomic E-state index is 12.2. The number of hydrogen-bond acceptors (Lipinski definition) is 4. The van der Waals surface area contributed by atoms with Crippen molar-refractivity contribution in [2.45, 2.75) is 18.9 Å². The average Bonchev–Trinajstić information content (AvgIpc) is 3.01. The number of amides is 3. The van der Waals surface area contributed by atoms with Crippen molar-refractivity contribution in [2.75, 3.05) is 25.9 Å². The second-order valence-electron chi connectivity index (χ2n) is 5.16. The Labute approximate surface area is 128 Å². The van der Waals surface area contributed by atoms with Crippen LogP contribution in [0, 0.1) is 0 Å². The number of anilines is 1. The molecule has 1 atom stereocenters. The molecule has 1 unspecified atom stereocenters. The van der Waals surface area contributed by atoms with Gasteiger partial charge >= 0.3 is 0 Å². The number of nitrogens with two attached hydrogens (primary N) is 1. The number of likely N-dealkylation sites (tertiary alicyclic amines) is 1. The smallest absolute Gasteiger partial charge is 0.251 e. The topological polar surface area (TPSA) is 105 Å². The molecule has 0 bridgehead atoms. The van der Waals surface area contributed by atoms with Gasteiger partial charge in [-0.25, -0.2) is 0 Å². The Morgan fingerprint density at radius 1 is 1.27 bits per heavy atom. The Morgan fingerprint density at radius 2 is 1.95 bits per heavy atom. The molecule has 1 aliphatic rings. The third-order valence-corrected chi connectivity index (χ3v) is 3.70. The van der Waals surface area contributed by atoms with Gasteiger partial charge in [-0.1, -0.05) is 0 Å². The van der Waals surface area contributed by atoms with Gasteiger partial charge in [0.1, 0.15) is 6.04 Å². The van der Waals surface area contributed by atoms with Crippen LogP contribution in [0.4, 0.5) is 5.69 Å². The zero-order chi connectivity index (χ0) is 16.1. The molecule has 1 aliphatic heterocycles. The van der Waals surface area contributed by atoms with Gasteiger partial charge in [0.25, 0.3) is 5.91 Å². The summed E-state index contributed by atoms with van der Waals surface area (Å²) < 4.78 is 0. The van der Waals surface area contributed by atoms with E-state index in [1.165, 1.54) is 4.90 Å². The van der Waals surface area contributed by atoms with Crippen molar-refractivity contribution in [3.8, 4) is 0 Å². The van der Waals surface area contributed by atoms with Crippen LogP contribution in [0.3, 0.4) is 0 Å². The van der Waals surface area contributed by atoms with E-state index in [0.717, 1.165) is 6.42 Å². The molecular weight excluding hydrogens is 284 g/mol. The lowest BCUT2D eigenvalue weighted by Gasteiger charge is -2.23. The summed E-state index contributed by atoms with van der Waals surface area (Å²) in [5.41, 5.74) is 6.56. The van der Waals surface area contributed by atoms with Crippen molar-refractivity contribution < 1.29 is 14.4 Å². The molecule has 0 saturated carbocycles. The number of nitrogen functional groups attached to an aromatic ring is 1. The maximum Gasteiger partial charge on any atom is 0.251 e. The van der Waals surface area contributed by atoms with Crippen molar-refractivity contribution in [3.05, 3.63) is 29.8 Å². The van der Waals surface area contributed by atoms with E-state index in [-0.39, 0.29) is 24.3 Å². The number of hydrogen-bond donors (Lipinski definition) is 3. The van der Waals surface area contributed by atoms with Gasteiger partial charge in [0, 0.05) is 24.8 Å². The number of rotatable bonds is 4. The highest BCUT2D eigenvalue weighted by atomic mass is 16.2. The van der Waals surface area contributed by atoms with Crippen LogP contribution in [-0.4, -0.2) is 48.8 Å². The summed E-state index contributed by atoms with van der Waals surface area (Å²) >= 11 is 0. The van der Waals surface area contributed by atoms with Crippen molar-refractivity contribution in [2.24, 2.45) is 0 Å². The predicted octanol–water partition coefficient (Wildman–Crippen LogP) is -0.264. The van der Waals surface area contributed by atoms with Gasteiger partial charge in [-0.05, 0) is 37.1 Å². The van der Waals surface area contributed by atoms with E-state index in [1.807, 2.05) is 0 Å². The zero-order valence-electron chi connectivity index (χ0n) is 12.5. The van der Waals surface area contributed by atoms with Crippen LogP contribution in [0.15, 0.2) is 24.3 Å². The largest absolute Gasteiger partial charge is 0.399 e. The number of nitrogens with zero attached hydrogens (tertiary/aromatic N) is 1. The first-order valence-corrected chi connectivity index (χ1v) is 7.17. The summed E-state index contributed by atoms with van der Waals surface area (Å²) in [4.78, 5) is 37.4. The van der Waals surface area contributed by atoms with Crippen molar-refractivity contribution in [1.29, 1.82) is 0 Å². The number of carbonyl (C=O) groups excluding carboxylic acids is 3. The lowest BCUT2D eigenvalue weighted by Crippen LogP contribution is -2.48. The van der Waals surface area contributed by atoms with Crippen LogP contribution in [0.5, 0.6) is 0 Å². The quantitative estimate of drug-likeness (QED) is 0.666. The summed E-state index contributed by atoms with van der Waals surface area (Å²) in [7, 11) is 1.55. The van der Waals surface area contributed by atoms with Crippen LogP contribution in [0.1, 0.15) is 23.2 Å². The first kappa shape index (κ1) is 15.8. The molecule has 3 amide bonds. The minimum absolute atomic E-state index is 0.128. The SMILES string of the molecule is CNC(=O)C1CCCN1C(=O)CNC(=O)c1ccc(N)cc1. The third-order valence-electron chi connectivity index (χ3n) is 3.70. The summed E-state index contributed by atoms with van der Waals surface area (Å²) in [6, 6.07) is 6.00. The van der Waals surface area contributed by atoms with Crippen LogP contribution < -0.4 is 16.4 Å². The lowest BCUT2D eigenvalue weighted by molar-refractivity contribution is -0.137. The predicted molar refractivity (Wildman–Crippen MR) is 82.0 cm³/mol. The fourth-order valence-electron chi connectivity index (χ4n) is 2.50. The molecule has 1 saturated heterocycles. The molecule has 0 aromatic heterocycles. The zero-order valence-corrected chi connectivity index (χ0v) is 12.5. The van der Waals surface area contributed by atoms with E-state index in [9.17, 15) is 14.4 Å². The van der Waals surface area contributed by atoms with Crippen LogP contribution in [0.25, 0.3) is 0 Å². The number of likely N-dealkylation sites (N-methyl/N-ethyl adjacent to an activating group) is 1. The highest BCUT2D eigenvalue weighted by Gasteiger charge is 2.33. The van der Waals surface area contributed by atoms with Gasteiger partial charge in [-0.3, -0.25) is 14.4 Å². The van der Waals surface area contributed by atoms with Crippen molar-refractivity contribution in [1.82, 2.24) is 15.5 Å². The summed E-state index contributed by atoms with van der Waals surface area (Å²) in [5.74, 6) is -0.769. The van der Waals surface area contributed by atoms with Crippen LogP contribution in [-0.2, 0) is 9.59 Å². The Morgan fingerprint density at radius 3 is 2.59 bits per heavy atom. The van der Waals surface area contributed by atoms with E-state index < -0.39 is 6.04 Å². The monoisotopic (exact) mass is 304 g/mol. The molecule has 1 fully saturated rings. The number of benzene rings is 1. The summed E-state index contributed by atoms with van der Waals surface area (Å²) in [6.07, 6.45) is 1.44. The maximum atomic E-state index is 12.2. The molecule has 118 valence electrons. The van der Waals surface area contributed by atoms with Crippen LogP contribution >= 0.6 is 0 Å². The standard InChI is InChI=1S/C15H20N4O3/c1-17-15(22)12-3-2-8-19(12)13(20)9-18-14(21)10-4-6-11(16)7-5-10/h4-7,12H,2-3,8-9,16H2,1H3,(H,17,22)(H,18,21). The molecule has 4 N–H and O–H groups in total. The summed E-state index contributed by atoms with van der Waals surface area (Å²) in [5, 5.41) is 5.13. The van der Waals surface area contributed by atoms with Gasteiger partial charge in [0.15, 0.2) is 0 Å². The Kier molecular flexibility index (Phi) is 4.98. The van der Waals surface area contributed by atoms with E-state index in [2.05, 4.69) is 10.6 Å². The second-order valence-corrected chi connectivity index (χ2v) is 5.16. The molecule has 1 aromatic carbocycles. The molecule has 2 rings (SSSR count). The van der Waals surface area contributed by atoms with Crippen LogP contribution in [0.2, 0.25) is 0 Å². The molecule has 0 radical (unpaired) electrons. The normalized spacial score (nSPS) is 17.1. The fourth-order valence-corrected chi connectivity index (χ4v) is 2.50. The van der Waals surface area contributed by atoms with Crippen molar-refractivity contribution >= 4 is 23.4 Å². The molecular formula is C15H20N4O3. The first-order valence-electron chi connectivity index (χ1n) is 7.17. The fraction of sp³-hybridized carbons (Fsp3) is 0.400. The molecule has 0 spiro atoms. The van der Waals surface area contributed by atoms with Gasteiger partial charge in [-0.2, -0.15) is 0 Å². The van der Waals surface area contributed by atoms with Gasteiger partial charge in [0.05, 0.1) is 6.54 Å². The Bertz CT molecular complexity index is 571. The third kappa shape index (κ3) is 3.55. The molecule has 22 heavy (non-hydrogen) atoms. The van der Waals surface area contributed by atoms with E-state index in [0.29, 0.717) is 24.2 Å². The average molecular weight is 304 g/mol. The number of nitrogens with one attached hydrogen (secondary N) is 2. The highest BCUT2D eigenvalue weighted by Crippen LogP contribution is 2.17. The van der Waals surface area contributed by atoms with E-state index in [1.54, 1.807) is 31.3 Å². The van der Waals surface area contributed by atoms with Gasteiger partial charge in [0.2, 0.25) is 11.8 Å². The molecule has 0 aliphatic carbocycles. The molecule has 1 aromatic rings. The van der Waals surface area contributed by atoms with Crippen molar-refractivity contribution in [3.63, 3.8) is 0 Å². The summed E-state index contributed by atoms with van der Waals surface area (Å²) in [6.45, 7) is 0.408. The highest BCUT2D eigenvalue weighted by molar-refractivity contribution is 5.97. The van der Waals surface area contributed by atoms with Gasteiger partial charge < -0.3 is 21.3 Å². The lowest BCUT2D eigenvalue weighted by atomic mass is 10.2. The van der Waals surface area contributed by atoms with Gasteiger partial charge in [-0.15, -0.1) is 0 Å². The van der Waals surface area contributed by atoms with E-state index >= 15 is 0 Å². The Balaban J connectivity index is 1.90. The minimum Gasteiger partial charge on any atom is -0.399 e. The minimum atomic E-state index is -0.439. The van der Waals surface area contributed by atoms with E-state index in [4.69, 9.17) is 5.73 Å². The first-order chi connectivity index (χ1) is 10.5. The molecule has 1 heterocycles. The Hall–Kier alpha value is -2.57. The molecule has 7 nitrogen and oxygen atoms in total.